The number of carbonyl (C=O) groups is 2. The van der Waals surface area contributed by atoms with E-state index in [1.165, 1.54) is 7.11 Å². The van der Waals surface area contributed by atoms with Gasteiger partial charge in [0.05, 0.1) is 19.1 Å². The lowest BCUT2D eigenvalue weighted by atomic mass is 10.3. The average Bonchev–Trinajstić information content (AvgIpc) is 2.58. The van der Waals surface area contributed by atoms with Gasteiger partial charge < -0.3 is 14.5 Å². The highest BCUT2D eigenvalue weighted by molar-refractivity contribution is 7.92. The van der Waals surface area contributed by atoms with Crippen LogP contribution in [0.2, 0.25) is 0 Å². The molecule has 24 heavy (non-hydrogen) atoms. The molecule has 0 aromatic heterocycles. The highest BCUT2D eigenvalue weighted by Gasteiger charge is 2.27. The number of carbonyl (C=O) groups excluding carboxylic acids is 2. The van der Waals surface area contributed by atoms with Crippen molar-refractivity contribution in [2.75, 3.05) is 50.4 Å². The molecule has 0 aliphatic carbocycles. The zero-order chi connectivity index (χ0) is 17.7. The molecule has 2 amide bonds. The normalized spacial score (nSPS) is 15.1. The van der Waals surface area contributed by atoms with E-state index in [-0.39, 0.29) is 12.5 Å². The van der Waals surface area contributed by atoms with E-state index in [9.17, 15) is 18.0 Å². The third-order valence-electron chi connectivity index (χ3n) is 3.85. The molecule has 0 saturated carbocycles. The van der Waals surface area contributed by atoms with Gasteiger partial charge in [0.2, 0.25) is 22.3 Å². The second kappa shape index (κ2) is 7.52. The van der Waals surface area contributed by atoms with Crippen LogP contribution in [-0.4, -0.2) is 76.6 Å². The van der Waals surface area contributed by atoms with E-state index in [1.54, 1.807) is 34.1 Å². The van der Waals surface area contributed by atoms with Gasteiger partial charge in [-0.2, -0.15) is 0 Å². The van der Waals surface area contributed by atoms with E-state index in [0.29, 0.717) is 37.6 Å². The first-order valence-electron chi connectivity index (χ1n) is 7.44. The van der Waals surface area contributed by atoms with Gasteiger partial charge >= 0.3 is 0 Å². The van der Waals surface area contributed by atoms with Crippen LogP contribution in [0.4, 0.5) is 5.69 Å². The number of piperazine rings is 1. The molecule has 9 heteroatoms. The predicted octanol–water partition coefficient (Wildman–Crippen LogP) is -0.238. The molecule has 0 unspecified atom stereocenters. The SMILES string of the molecule is COc1ccccc1N(CC(=O)N1CCN(C=O)CC1)S(C)(=O)=O. The van der Waals surface area contributed by atoms with Crippen molar-refractivity contribution in [1.82, 2.24) is 9.80 Å². The zero-order valence-electron chi connectivity index (χ0n) is 13.7. The fourth-order valence-electron chi connectivity index (χ4n) is 2.52. The number of amides is 2. The first kappa shape index (κ1) is 18.1. The number of nitrogens with zero attached hydrogens (tertiary/aromatic N) is 3. The topological polar surface area (TPSA) is 87.2 Å². The zero-order valence-corrected chi connectivity index (χ0v) is 14.5. The van der Waals surface area contributed by atoms with Gasteiger partial charge in [-0.1, -0.05) is 12.1 Å². The van der Waals surface area contributed by atoms with Gasteiger partial charge in [-0.25, -0.2) is 8.42 Å². The summed E-state index contributed by atoms with van der Waals surface area (Å²) in [5, 5.41) is 0. The van der Waals surface area contributed by atoms with Crippen molar-refractivity contribution in [3.05, 3.63) is 24.3 Å². The second-order valence-corrected chi connectivity index (χ2v) is 7.37. The van der Waals surface area contributed by atoms with Gasteiger partial charge in [-0.05, 0) is 12.1 Å². The predicted molar refractivity (Wildman–Crippen MR) is 89.4 cm³/mol. The number of benzene rings is 1. The maximum atomic E-state index is 12.5. The van der Waals surface area contributed by atoms with E-state index in [4.69, 9.17) is 4.74 Å². The highest BCUT2D eigenvalue weighted by atomic mass is 32.2. The molecular weight excluding hydrogens is 334 g/mol. The molecule has 0 spiro atoms. The van der Waals surface area contributed by atoms with Crippen molar-refractivity contribution in [2.24, 2.45) is 0 Å². The lowest BCUT2D eigenvalue weighted by molar-refractivity contribution is -0.133. The molecule has 1 heterocycles. The molecule has 0 bridgehead atoms. The Morgan fingerprint density at radius 1 is 1.25 bits per heavy atom. The standard InChI is InChI=1S/C15H21N3O5S/c1-23-14-6-4-3-5-13(14)18(24(2,21)22)11-15(20)17-9-7-16(12-19)8-10-17/h3-6,12H,7-11H2,1-2H3. The van der Waals surface area contributed by atoms with Crippen molar-refractivity contribution in [3.63, 3.8) is 0 Å². The third-order valence-corrected chi connectivity index (χ3v) is 4.98. The Labute approximate surface area is 141 Å². The van der Waals surface area contributed by atoms with Gasteiger partial charge in [-0.3, -0.25) is 13.9 Å². The van der Waals surface area contributed by atoms with Crippen LogP contribution < -0.4 is 9.04 Å². The summed E-state index contributed by atoms with van der Waals surface area (Å²) in [5.74, 6) is 0.0679. The molecule has 1 aromatic carbocycles. The van der Waals surface area contributed by atoms with Crippen molar-refractivity contribution in [2.45, 2.75) is 0 Å². The number of rotatable bonds is 6. The van der Waals surface area contributed by atoms with Crippen molar-refractivity contribution < 1.29 is 22.7 Å². The van der Waals surface area contributed by atoms with Crippen molar-refractivity contribution in [1.29, 1.82) is 0 Å². The van der Waals surface area contributed by atoms with Gasteiger partial charge in [0.1, 0.15) is 12.3 Å². The first-order chi connectivity index (χ1) is 11.4. The summed E-state index contributed by atoms with van der Waals surface area (Å²) in [5.41, 5.74) is 0.322. The highest BCUT2D eigenvalue weighted by Crippen LogP contribution is 2.29. The smallest absolute Gasteiger partial charge is 0.243 e. The molecule has 2 rings (SSSR count). The van der Waals surface area contributed by atoms with Gasteiger partial charge in [0.15, 0.2) is 0 Å². The molecule has 0 radical (unpaired) electrons. The fourth-order valence-corrected chi connectivity index (χ4v) is 3.37. The molecule has 8 nitrogen and oxygen atoms in total. The van der Waals surface area contributed by atoms with E-state index in [2.05, 4.69) is 0 Å². The Morgan fingerprint density at radius 2 is 1.88 bits per heavy atom. The molecular formula is C15H21N3O5S. The monoisotopic (exact) mass is 355 g/mol. The minimum Gasteiger partial charge on any atom is -0.495 e. The summed E-state index contributed by atoms with van der Waals surface area (Å²) in [6.07, 6.45) is 1.80. The third kappa shape index (κ3) is 4.16. The number of hydrogen-bond acceptors (Lipinski definition) is 5. The van der Waals surface area contributed by atoms with Gasteiger partial charge in [0, 0.05) is 26.2 Å². The maximum absolute atomic E-state index is 12.5. The molecule has 1 aromatic rings. The summed E-state index contributed by atoms with van der Waals surface area (Å²) in [6.45, 7) is 1.37. The number of anilines is 1. The minimum absolute atomic E-state index is 0.305. The second-order valence-electron chi connectivity index (χ2n) is 5.46. The van der Waals surface area contributed by atoms with Gasteiger partial charge in [-0.15, -0.1) is 0 Å². The van der Waals surface area contributed by atoms with Crippen LogP contribution in [0.1, 0.15) is 0 Å². The molecule has 1 fully saturated rings. The first-order valence-corrected chi connectivity index (χ1v) is 9.29. The van der Waals surface area contributed by atoms with E-state index in [0.717, 1.165) is 17.0 Å². The van der Waals surface area contributed by atoms with Gasteiger partial charge in [0.25, 0.3) is 0 Å². The van der Waals surface area contributed by atoms with Crippen LogP contribution in [0, 0.1) is 0 Å². The quantitative estimate of drug-likeness (QED) is 0.658. The molecule has 0 atom stereocenters. The lowest BCUT2D eigenvalue weighted by Gasteiger charge is -2.34. The molecule has 0 N–H and O–H groups in total. The minimum atomic E-state index is -3.66. The van der Waals surface area contributed by atoms with Crippen molar-refractivity contribution in [3.8, 4) is 5.75 Å². The Kier molecular flexibility index (Phi) is 5.66. The summed E-state index contributed by atoms with van der Waals surface area (Å²) in [4.78, 5) is 26.4. The number of ether oxygens (including phenoxy) is 1. The van der Waals surface area contributed by atoms with Crippen LogP contribution in [0.15, 0.2) is 24.3 Å². The molecule has 1 aliphatic heterocycles. The van der Waals surface area contributed by atoms with E-state index < -0.39 is 10.0 Å². The number of hydrogen-bond donors (Lipinski definition) is 0. The maximum Gasteiger partial charge on any atom is 0.243 e. The van der Waals surface area contributed by atoms with Crippen LogP contribution in [0.3, 0.4) is 0 Å². The van der Waals surface area contributed by atoms with E-state index >= 15 is 0 Å². The Morgan fingerprint density at radius 3 is 2.42 bits per heavy atom. The molecule has 132 valence electrons. The lowest BCUT2D eigenvalue weighted by Crippen LogP contribution is -2.51. The van der Waals surface area contributed by atoms with Crippen LogP contribution in [0.5, 0.6) is 5.75 Å². The molecule has 1 saturated heterocycles. The van der Waals surface area contributed by atoms with Crippen LogP contribution in [-0.2, 0) is 19.6 Å². The Hall–Kier alpha value is -2.29. The van der Waals surface area contributed by atoms with Crippen LogP contribution in [0.25, 0.3) is 0 Å². The number of methoxy groups -OCH3 is 1. The van der Waals surface area contributed by atoms with Crippen molar-refractivity contribution >= 4 is 28.0 Å². The van der Waals surface area contributed by atoms with E-state index in [1.807, 2.05) is 0 Å². The van der Waals surface area contributed by atoms with Crippen LogP contribution >= 0.6 is 0 Å². The summed E-state index contributed by atoms with van der Waals surface area (Å²) in [7, 11) is -2.22. The summed E-state index contributed by atoms with van der Waals surface area (Å²) < 4.78 is 30.6. The largest absolute Gasteiger partial charge is 0.495 e. The Balaban J connectivity index is 2.18. The summed E-state index contributed by atoms with van der Waals surface area (Å²) >= 11 is 0. The number of sulfonamides is 1. The molecule has 1 aliphatic rings. The summed E-state index contributed by atoms with van der Waals surface area (Å²) in [6, 6.07) is 6.64. The fraction of sp³-hybridized carbons (Fsp3) is 0.467. The number of para-hydroxylation sites is 2. The average molecular weight is 355 g/mol. The Bertz CT molecular complexity index is 699.